The number of aryl methyl sites for hydroxylation is 3. The van der Waals surface area contributed by atoms with Crippen LogP contribution in [-0.4, -0.2) is 37.0 Å². The van der Waals surface area contributed by atoms with Gasteiger partial charge in [-0.3, -0.25) is 4.79 Å². The van der Waals surface area contributed by atoms with E-state index in [4.69, 9.17) is 4.52 Å². The van der Waals surface area contributed by atoms with Crippen molar-refractivity contribution in [3.8, 4) is 11.4 Å². The molecule has 2 aromatic heterocycles. The van der Waals surface area contributed by atoms with Crippen molar-refractivity contribution in [3.63, 3.8) is 0 Å². The number of aromatic nitrogens is 4. The van der Waals surface area contributed by atoms with Crippen LogP contribution in [0.3, 0.4) is 0 Å². The zero-order chi connectivity index (χ0) is 19.2. The van der Waals surface area contributed by atoms with Crippen molar-refractivity contribution in [2.24, 2.45) is 0 Å². The molecule has 0 spiro atoms. The van der Waals surface area contributed by atoms with E-state index in [2.05, 4.69) is 22.0 Å². The Bertz CT molecular complexity index is 882. The van der Waals surface area contributed by atoms with Crippen LogP contribution in [0.4, 0.5) is 0 Å². The fraction of sp³-hybridized carbons (Fsp3) is 0.400. The van der Waals surface area contributed by atoms with Gasteiger partial charge in [-0.1, -0.05) is 41.9 Å². The molecule has 0 N–H and O–H groups in total. The van der Waals surface area contributed by atoms with E-state index in [0.717, 1.165) is 17.8 Å². The molecule has 27 heavy (non-hydrogen) atoms. The van der Waals surface area contributed by atoms with E-state index in [1.54, 1.807) is 11.1 Å². The Morgan fingerprint density at radius 2 is 2.00 bits per heavy atom. The van der Waals surface area contributed by atoms with Crippen molar-refractivity contribution in [3.05, 3.63) is 53.9 Å². The van der Waals surface area contributed by atoms with Gasteiger partial charge in [0.25, 0.3) is 0 Å². The van der Waals surface area contributed by atoms with Gasteiger partial charge < -0.3 is 14.0 Å². The van der Waals surface area contributed by atoms with Gasteiger partial charge in [-0.15, -0.1) is 0 Å². The average Bonchev–Trinajstić information content (AvgIpc) is 3.33. The summed E-state index contributed by atoms with van der Waals surface area (Å²) in [6.07, 6.45) is 4.94. The highest BCUT2D eigenvalue weighted by molar-refractivity contribution is 5.76. The minimum atomic E-state index is 0.0586. The fourth-order valence-electron chi connectivity index (χ4n) is 2.91. The van der Waals surface area contributed by atoms with Crippen LogP contribution in [0.2, 0.25) is 0 Å². The van der Waals surface area contributed by atoms with Crippen LogP contribution in [0.5, 0.6) is 0 Å². The van der Waals surface area contributed by atoms with Crippen molar-refractivity contribution in [2.75, 3.05) is 6.54 Å². The lowest BCUT2D eigenvalue weighted by Crippen LogP contribution is -2.31. The normalized spacial score (nSPS) is 10.9. The number of nitrogens with zero attached hydrogens (tertiary/aromatic N) is 5. The van der Waals surface area contributed by atoms with Gasteiger partial charge in [-0.05, 0) is 13.8 Å². The lowest BCUT2D eigenvalue weighted by molar-refractivity contribution is -0.132. The first-order chi connectivity index (χ1) is 13.1. The van der Waals surface area contributed by atoms with E-state index in [1.165, 1.54) is 5.56 Å². The fourth-order valence-corrected chi connectivity index (χ4v) is 2.91. The van der Waals surface area contributed by atoms with Gasteiger partial charge in [0.05, 0.1) is 6.54 Å². The van der Waals surface area contributed by atoms with Gasteiger partial charge in [0.15, 0.2) is 0 Å². The van der Waals surface area contributed by atoms with Gasteiger partial charge in [0, 0.05) is 43.9 Å². The van der Waals surface area contributed by atoms with Gasteiger partial charge >= 0.3 is 0 Å². The van der Waals surface area contributed by atoms with E-state index < -0.39 is 0 Å². The Balaban J connectivity index is 1.61. The van der Waals surface area contributed by atoms with E-state index in [1.807, 2.05) is 48.9 Å². The van der Waals surface area contributed by atoms with Crippen molar-refractivity contribution in [1.29, 1.82) is 0 Å². The molecule has 1 amide bonds. The third-order valence-electron chi connectivity index (χ3n) is 4.52. The molecule has 142 valence electrons. The summed E-state index contributed by atoms with van der Waals surface area (Å²) in [5.41, 5.74) is 2.08. The van der Waals surface area contributed by atoms with Gasteiger partial charge in [0.2, 0.25) is 17.6 Å². The van der Waals surface area contributed by atoms with Gasteiger partial charge in [-0.25, -0.2) is 4.98 Å². The predicted octanol–water partition coefficient (Wildman–Crippen LogP) is 3.24. The summed E-state index contributed by atoms with van der Waals surface area (Å²) in [4.78, 5) is 23.0. The standard InChI is InChI=1S/C20H25N5O2/c1-4-17-21-11-13-25(17)12-10-19(26)24(5-2)14-18-22-20(23-27-18)16-8-6-15(3)7-9-16/h6-9,11,13H,4-5,10,12,14H2,1-3H3. The number of amides is 1. The monoisotopic (exact) mass is 367 g/mol. The Kier molecular flexibility index (Phi) is 6.01. The number of rotatable bonds is 8. The summed E-state index contributed by atoms with van der Waals surface area (Å²) in [5, 5.41) is 4.04. The SMILES string of the molecule is CCc1nccn1CCC(=O)N(CC)Cc1nc(-c2ccc(C)cc2)no1. The predicted molar refractivity (Wildman–Crippen MR) is 102 cm³/mol. The number of imidazole rings is 1. The molecule has 0 unspecified atom stereocenters. The van der Waals surface area contributed by atoms with Crippen LogP contribution < -0.4 is 0 Å². The molecular formula is C20H25N5O2. The van der Waals surface area contributed by atoms with Crippen LogP contribution in [0.15, 0.2) is 41.2 Å². The number of benzene rings is 1. The van der Waals surface area contributed by atoms with Crippen LogP contribution in [0.1, 0.15) is 37.5 Å². The highest BCUT2D eigenvalue weighted by Crippen LogP contribution is 2.17. The number of carbonyl (C=O) groups excluding carboxylic acids is 1. The second kappa shape index (κ2) is 8.62. The van der Waals surface area contributed by atoms with Crippen LogP contribution in [0.25, 0.3) is 11.4 Å². The van der Waals surface area contributed by atoms with E-state index in [-0.39, 0.29) is 5.91 Å². The number of hydrogen-bond acceptors (Lipinski definition) is 5. The summed E-state index contributed by atoms with van der Waals surface area (Å²) < 4.78 is 7.37. The first-order valence-electron chi connectivity index (χ1n) is 9.28. The molecule has 3 rings (SSSR count). The molecule has 7 nitrogen and oxygen atoms in total. The maximum atomic E-state index is 12.6. The van der Waals surface area contributed by atoms with Crippen molar-refractivity contribution in [1.82, 2.24) is 24.6 Å². The zero-order valence-electron chi connectivity index (χ0n) is 16.1. The van der Waals surface area contributed by atoms with Crippen molar-refractivity contribution >= 4 is 5.91 Å². The highest BCUT2D eigenvalue weighted by Gasteiger charge is 2.17. The third kappa shape index (κ3) is 4.61. The van der Waals surface area contributed by atoms with E-state index >= 15 is 0 Å². The lowest BCUT2D eigenvalue weighted by Gasteiger charge is -2.19. The van der Waals surface area contributed by atoms with Gasteiger partial charge in [0.1, 0.15) is 5.82 Å². The van der Waals surface area contributed by atoms with Crippen molar-refractivity contribution < 1.29 is 9.32 Å². The lowest BCUT2D eigenvalue weighted by atomic mass is 10.1. The molecule has 0 saturated heterocycles. The quantitative estimate of drug-likeness (QED) is 0.611. The Labute approximate surface area is 159 Å². The highest BCUT2D eigenvalue weighted by atomic mass is 16.5. The minimum absolute atomic E-state index is 0.0586. The molecule has 0 aliphatic rings. The van der Waals surface area contributed by atoms with E-state index in [0.29, 0.717) is 37.8 Å². The summed E-state index contributed by atoms with van der Waals surface area (Å²) in [6.45, 7) is 7.56. The zero-order valence-corrected chi connectivity index (χ0v) is 16.1. The average molecular weight is 367 g/mol. The Morgan fingerprint density at radius 3 is 2.70 bits per heavy atom. The topological polar surface area (TPSA) is 77.1 Å². The minimum Gasteiger partial charge on any atom is -0.337 e. The maximum absolute atomic E-state index is 12.6. The largest absolute Gasteiger partial charge is 0.337 e. The molecule has 0 bridgehead atoms. The maximum Gasteiger partial charge on any atom is 0.246 e. The number of hydrogen-bond donors (Lipinski definition) is 0. The molecular weight excluding hydrogens is 342 g/mol. The molecule has 0 atom stereocenters. The van der Waals surface area contributed by atoms with E-state index in [9.17, 15) is 4.79 Å². The molecule has 0 aliphatic carbocycles. The van der Waals surface area contributed by atoms with Crippen LogP contribution in [-0.2, 0) is 24.3 Å². The van der Waals surface area contributed by atoms with Gasteiger partial charge in [-0.2, -0.15) is 4.98 Å². The molecule has 0 saturated carbocycles. The summed E-state index contributed by atoms with van der Waals surface area (Å²) >= 11 is 0. The second-order valence-electron chi connectivity index (χ2n) is 6.43. The summed E-state index contributed by atoms with van der Waals surface area (Å²) in [5.74, 6) is 2.03. The molecule has 1 aromatic carbocycles. The molecule has 0 radical (unpaired) electrons. The Morgan fingerprint density at radius 1 is 1.22 bits per heavy atom. The molecule has 7 heteroatoms. The summed E-state index contributed by atoms with van der Waals surface area (Å²) in [7, 11) is 0. The first kappa shape index (κ1) is 18.8. The third-order valence-corrected chi connectivity index (χ3v) is 4.52. The second-order valence-corrected chi connectivity index (χ2v) is 6.43. The van der Waals surface area contributed by atoms with Crippen LogP contribution >= 0.6 is 0 Å². The van der Waals surface area contributed by atoms with Crippen molar-refractivity contribution in [2.45, 2.75) is 46.7 Å². The Hall–Kier alpha value is -2.96. The molecule has 0 fully saturated rings. The molecule has 2 heterocycles. The van der Waals surface area contributed by atoms with Crippen LogP contribution in [0, 0.1) is 6.92 Å². The smallest absolute Gasteiger partial charge is 0.246 e. The molecule has 3 aromatic rings. The molecule has 0 aliphatic heterocycles. The first-order valence-corrected chi connectivity index (χ1v) is 9.28. The summed E-state index contributed by atoms with van der Waals surface area (Å²) in [6, 6.07) is 7.94. The number of carbonyl (C=O) groups is 1.